The summed E-state index contributed by atoms with van der Waals surface area (Å²) in [4.78, 5) is 26.5. The number of hydrogen-bond acceptors (Lipinski definition) is 6. The summed E-state index contributed by atoms with van der Waals surface area (Å²) in [5.41, 5.74) is 2.83. The second-order valence-electron chi connectivity index (χ2n) is 7.89. The zero-order chi connectivity index (χ0) is 21.8. The van der Waals surface area contributed by atoms with Crippen LogP contribution >= 0.6 is 0 Å². The lowest BCUT2D eigenvalue weighted by molar-refractivity contribution is -0.136. The summed E-state index contributed by atoms with van der Waals surface area (Å²) < 4.78 is 6.97. The second kappa shape index (κ2) is 9.16. The van der Waals surface area contributed by atoms with E-state index in [1.807, 2.05) is 66.6 Å². The molecule has 0 spiro atoms. The Morgan fingerprint density at radius 2 is 2.03 bits per heavy atom. The molecule has 1 amide bonds. The van der Waals surface area contributed by atoms with E-state index in [4.69, 9.17) is 9.72 Å². The predicted molar refractivity (Wildman–Crippen MR) is 119 cm³/mol. The minimum absolute atomic E-state index is 0.0547. The van der Waals surface area contributed by atoms with Crippen molar-refractivity contribution in [3.8, 4) is 16.9 Å². The number of benzene rings is 1. The van der Waals surface area contributed by atoms with Crippen molar-refractivity contribution in [3.05, 3.63) is 54.6 Å². The maximum absolute atomic E-state index is 13.2. The van der Waals surface area contributed by atoms with Gasteiger partial charge in [-0.3, -0.25) is 9.48 Å². The van der Waals surface area contributed by atoms with Crippen LogP contribution in [0.2, 0.25) is 0 Å². The van der Waals surface area contributed by atoms with Gasteiger partial charge in [0, 0.05) is 44.8 Å². The normalized spacial score (nSPS) is 16.2. The molecule has 8 nitrogen and oxygen atoms in total. The van der Waals surface area contributed by atoms with Gasteiger partial charge in [0.1, 0.15) is 12.3 Å². The molecule has 31 heavy (non-hydrogen) atoms. The smallest absolute Gasteiger partial charge is 0.244 e. The first-order valence-corrected chi connectivity index (χ1v) is 10.5. The fourth-order valence-electron chi connectivity index (χ4n) is 3.99. The number of amides is 1. The highest BCUT2D eigenvalue weighted by Crippen LogP contribution is 2.37. The van der Waals surface area contributed by atoms with Crippen LogP contribution in [0.4, 0.5) is 5.95 Å². The largest absolute Gasteiger partial charge is 0.497 e. The Morgan fingerprint density at radius 1 is 1.23 bits per heavy atom. The fraction of sp³-hybridized carbons (Fsp3) is 0.391. The first kappa shape index (κ1) is 20.8. The number of hydrogen-bond donors (Lipinski definition) is 0. The van der Waals surface area contributed by atoms with Crippen LogP contribution in [-0.2, 0) is 11.3 Å². The molecule has 2 aromatic heterocycles. The molecule has 1 saturated heterocycles. The zero-order valence-corrected chi connectivity index (χ0v) is 18.2. The Morgan fingerprint density at radius 3 is 2.71 bits per heavy atom. The van der Waals surface area contributed by atoms with E-state index < -0.39 is 0 Å². The molecule has 1 atom stereocenters. The number of rotatable bonds is 6. The quantitative estimate of drug-likeness (QED) is 0.610. The number of nitrogens with zero attached hydrogens (tertiary/aromatic N) is 6. The molecular weight excluding hydrogens is 392 g/mol. The molecule has 0 bridgehead atoms. The van der Waals surface area contributed by atoms with Crippen molar-refractivity contribution in [2.75, 3.05) is 32.6 Å². The molecule has 1 aromatic carbocycles. The highest BCUT2D eigenvalue weighted by molar-refractivity contribution is 5.77. The maximum Gasteiger partial charge on any atom is 0.244 e. The molecule has 162 valence electrons. The van der Waals surface area contributed by atoms with Gasteiger partial charge in [-0.05, 0) is 43.0 Å². The Labute approximate surface area is 182 Å². The van der Waals surface area contributed by atoms with Crippen LogP contribution in [0.5, 0.6) is 5.75 Å². The molecule has 1 unspecified atom stereocenters. The van der Waals surface area contributed by atoms with E-state index in [0.717, 1.165) is 41.8 Å². The molecule has 0 saturated carbocycles. The molecule has 4 rings (SSSR count). The van der Waals surface area contributed by atoms with E-state index in [-0.39, 0.29) is 18.5 Å². The van der Waals surface area contributed by atoms with Crippen molar-refractivity contribution in [1.82, 2.24) is 24.6 Å². The van der Waals surface area contributed by atoms with Crippen molar-refractivity contribution >= 4 is 11.9 Å². The summed E-state index contributed by atoms with van der Waals surface area (Å²) in [7, 11) is 5.50. The van der Waals surface area contributed by atoms with Gasteiger partial charge in [0.2, 0.25) is 11.9 Å². The van der Waals surface area contributed by atoms with Crippen LogP contribution in [-0.4, -0.2) is 58.3 Å². The summed E-state index contributed by atoms with van der Waals surface area (Å²) in [6, 6.07) is 9.61. The number of aromatic nitrogens is 4. The predicted octanol–water partition coefficient (Wildman–Crippen LogP) is 3.17. The molecule has 0 radical (unpaired) electrons. The van der Waals surface area contributed by atoms with E-state index in [1.165, 1.54) is 0 Å². The Bertz CT molecular complexity index is 1020. The van der Waals surface area contributed by atoms with E-state index in [0.29, 0.717) is 12.5 Å². The van der Waals surface area contributed by atoms with Gasteiger partial charge in [0.25, 0.3) is 0 Å². The lowest BCUT2D eigenvalue weighted by Gasteiger charge is -2.36. The van der Waals surface area contributed by atoms with Gasteiger partial charge in [-0.1, -0.05) is 12.1 Å². The van der Waals surface area contributed by atoms with E-state index in [1.54, 1.807) is 18.0 Å². The third-order valence-electron chi connectivity index (χ3n) is 5.60. The Hall–Kier alpha value is -3.42. The van der Waals surface area contributed by atoms with Crippen molar-refractivity contribution in [2.45, 2.75) is 31.8 Å². The molecule has 1 aliphatic heterocycles. The summed E-state index contributed by atoms with van der Waals surface area (Å²) >= 11 is 0. The molecule has 3 aromatic rings. The monoisotopic (exact) mass is 420 g/mol. The molecule has 0 aliphatic carbocycles. The van der Waals surface area contributed by atoms with Gasteiger partial charge in [0.15, 0.2) is 0 Å². The van der Waals surface area contributed by atoms with Crippen LogP contribution in [0.15, 0.2) is 48.9 Å². The number of carbonyl (C=O) groups excluding carboxylic acids is 1. The number of ether oxygens (including phenoxy) is 1. The second-order valence-corrected chi connectivity index (χ2v) is 7.89. The number of anilines is 1. The Kier molecular flexibility index (Phi) is 6.16. The van der Waals surface area contributed by atoms with Gasteiger partial charge in [-0.2, -0.15) is 5.10 Å². The van der Waals surface area contributed by atoms with E-state index in [9.17, 15) is 4.79 Å². The maximum atomic E-state index is 13.2. The van der Waals surface area contributed by atoms with Crippen molar-refractivity contribution in [2.24, 2.45) is 0 Å². The van der Waals surface area contributed by atoms with Crippen LogP contribution in [0.1, 0.15) is 31.0 Å². The number of likely N-dealkylation sites (tertiary alicyclic amines) is 1. The van der Waals surface area contributed by atoms with Crippen LogP contribution < -0.4 is 9.64 Å². The van der Waals surface area contributed by atoms with Crippen LogP contribution in [0, 0.1) is 0 Å². The first-order valence-electron chi connectivity index (χ1n) is 10.5. The third-order valence-corrected chi connectivity index (χ3v) is 5.60. The highest BCUT2D eigenvalue weighted by atomic mass is 16.5. The number of piperidine rings is 1. The molecular formula is C23H28N6O2. The fourth-order valence-corrected chi connectivity index (χ4v) is 3.99. The van der Waals surface area contributed by atoms with Crippen LogP contribution in [0.3, 0.4) is 0 Å². The topological polar surface area (TPSA) is 76.4 Å². The molecule has 3 heterocycles. The van der Waals surface area contributed by atoms with Gasteiger partial charge in [-0.15, -0.1) is 0 Å². The minimum Gasteiger partial charge on any atom is -0.497 e. The average Bonchev–Trinajstić information content (AvgIpc) is 3.31. The van der Waals surface area contributed by atoms with Gasteiger partial charge < -0.3 is 14.5 Å². The van der Waals surface area contributed by atoms with Gasteiger partial charge >= 0.3 is 0 Å². The summed E-state index contributed by atoms with van der Waals surface area (Å²) in [6.45, 7) is 0.946. The lowest BCUT2D eigenvalue weighted by Crippen LogP contribution is -2.41. The Balaban J connectivity index is 1.73. The number of carbonyl (C=O) groups is 1. The highest BCUT2D eigenvalue weighted by Gasteiger charge is 2.31. The van der Waals surface area contributed by atoms with Crippen molar-refractivity contribution < 1.29 is 9.53 Å². The zero-order valence-electron chi connectivity index (χ0n) is 18.2. The summed E-state index contributed by atoms with van der Waals surface area (Å²) in [5.74, 6) is 1.49. The van der Waals surface area contributed by atoms with Crippen LogP contribution in [0.25, 0.3) is 11.1 Å². The van der Waals surface area contributed by atoms with Crippen molar-refractivity contribution in [3.63, 3.8) is 0 Å². The minimum atomic E-state index is -0.101. The van der Waals surface area contributed by atoms with Gasteiger partial charge in [0.05, 0.1) is 18.8 Å². The SMILES string of the molecule is COc1ccc(-c2cnc(N(C)C)nc2C2CCCCN2C(=O)Cn2cccn2)cc1. The average molecular weight is 421 g/mol. The summed E-state index contributed by atoms with van der Waals surface area (Å²) in [6.07, 6.45) is 8.29. The third kappa shape index (κ3) is 4.52. The molecule has 1 aliphatic rings. The standard InChI is InChI=1S/C23H28N6O2/c1-27(2)23-24-15-19(17-8-10-18(31-3)11-9-17)22(26-23)20-7-4-5-14-29(20)21(30)16-28-13-6-12-25-28/h6,8-13,15,20H,4-5,7,14,16H2,1-3H3. The van der Waals surface area contributed by atoms with E-state index >= 15 is 0 Å². The van der Waals surface area contributed by atoms with Crippen molar-refractivity contribution in [1.29, 1.82) is 0 Å². The van der Waals surface area contributed by atoms with E-state index in [2.05, 4.69) is 10.1 Å². The summed E-state index contributed by atoms with van der Waals surface area (Å²) in [5, 5.41) is 4.19. The van der Waals surface area contributed by atoms with Gasteiger partial charge in [-0.25, -0.2) is 9.97 Å². The molecule has 0 N–H and O–H groups in total. The molecule has 1 fully saturated rings. The number of methoxy groups -OCH3 is 1. The first-order chi connectivity index (χ1) is 15.1. The lowest BCUT2D eigenvalue weighted by atomic mass is 9.93. The molecule has 8 heteroatoms.